The van der Waals surface area contributed by atoms with E-state index in [1.807, 2.05) is 0 Å². The molecule has 1 aliphatic carbocycles. The molecule has 0 aromatic carbocycles. The molecular weight excluding hydrogens is 394 g/mol. The Kier molecular flexibility index (Phi) is 6.06. The molecule has 5 aliphatic rings. The Morgan fingerprint density at radius 3 is 1.84 bits per heavy atom. The molecule has 1 aromatic heterocycles. The van der Waals surface area contributed by atoms with Gasteiger partial charge in [0.1, 0.15) is 5.82 Å². The van der Waals surface area contributed by atoms with E-state index in [0.29, 0.717) is 5.41 Å². The first-order valence-corrected chi connectivity index (χ1v) is 13.7. The van der Waals surface area contributed by atoms with Crippen molar-refractivity contribution in [2.24, 2.45) is 5.41 Å². The maximum absolute atomic E-state index is 4.93. The van der Waals surface area contributed by atoms with Gasteiger partial charge in [0.15, 0.2) is 0 Å². The van der Waals surface area contributed by atoms with Crippen LogP contribution in [0, 0.1) is 5.41 Å². The van der Waals surface area contributed by atoms with Gasteiger partial charge in [-0.15, -0.1) is 0 Å². The van der Waals surface area contributed by atoms with Gasteiger partial charge >= 0.3 is 0 Å². The molecule has 1 saturated carbocycles. The third-order valence-electron chi connectivity index (χ3n) is 9.82. The van der Waals surface area contributed by atoms with E-state index >= 15 is 0 Å². The fourth-order valence-electron chi connectivity index (χ4n) is 7.17. The number of aromatic nitrogens is 1. The van der Waals surface area contributed by atoms with Crippen LogP contribution in [0.3, 0.4) is 0 Å². The molecule has 1 spiro atoms. The number of likely N-dealkylation sites (tertiary alicyclic amines) is 2. The Morgan fingerprint density at radius 2 is 1.25 bits per heavy atom. The molecule has 0 unspecified atom stereocenters. The van der Waals surface area contributed by atoms with Crippen molar-refractivity contribution in [1.82, 2.24) is 14.8 Å². The van der Waals surface area contributed by atoms with Crippen LogP contribution in [0.2, 0.25) is 0 Å². The summed E-state index contributed by atoms with van der Waals surface area (Å²) in [5, 5.41) is 0. The lowest BCUT2D eigenvalue weighted by atomic mass is 9.70. The van der Waals surface area contributed by atoms with Crippen LogP contribution in [0.5, 0.6) is 0 Å². The highest BCUT2D eigenvalue weighted by Crippen LogP contribution is 2.43. The van der Waals surface area contributed by atoms with Crippen molar-refractivity contribution in [2.75, 3.05) is 62.2 Å². The standard InChI is InChI=1S/C27H43N5/c1-2-15-29(14-1)24-8-16-30(17-9-24)25-6-7-26(28-22-25)32-20-12-27(13-21-32)10-18-31(19-11-27)23-4-3-5-23/h6-7,22-24H,1-5,8-21H2. The monoisotopic (exact) mass is 437 g/mol. The van der Waals surface area contributed by atoms with Gasteiger partial charge in [-0.05, 0) is 108 Å². The van der Waals surface area contributed by atoms with Crippen LogP contribution in [0.1, 0.15) is 70.6 Å². The quantitative estimate of drug-likeness (QED) is 0.696. The highest BCUT2D eigenvalue weighted by molar-refractivity contribution is 5.51. The SMILES string of the molecule is c1cc(N2CCC3(CC2)CCN(C2CCC2)CC3)ncc1N1CCC(N2CCCC2)CC1. The number of hydrogen-bond acceptors (Lipinski definition) is 5. The fraction of sp³-hybridized carbons (Fsp3) is 0.815. The Balaban J connectivity index is 0.988. The molecule has 0 N–H and O–H groups in total. The lowest BCUT2D eigenvalue weighted by Gasteiger charge is -2.50. The van der Waals surface area contributed by atoms with Crippen LogP contribution in [0.15, 0.2) is 18.3 Å². The molecule has 5 heteroatoms. The predicted molar refractivity (Wildman–Crippen MR) is 133 cm³/mol. The summed E-state index contributed by atoms with van der Waals surface area (Å²) in [6.07, 6.45) is 17.5. The normalized spacial score (nSPS) is 28.4. The van der Waals surface area contributed by atoms with E-state index in [0.717, 1.165) is 12.1 Å². The van der Waals surface area contributed by atoms with Gasteiger partial charge in [-0.3, -0.25) is 0 Å². The van der Waals surface area contributed by atoms with E-state index in [1.54, 1.807) is 0 Å². The Hall–Kier alpha value is -1.33. The largest absolute Gasteiger partial charge is 0.370 e. The first-order valence-electron chi connectivity index (χ1n) is 13.7. The van der Waals surface area contributed by atoms with Crippen LogP contribution < -0.4 is 9.80 Å². The van der Waals surface area contributed by atoms with Gasteiger partial charge in [0.05, 0.1) is 11.9 Å². The van der Waals surface area contributed by atoms with Gasteiger partial charge in [0.25, 0.3) is 0 Å². The molecular formula is C27H43N5. The first kappa shape index (κ1) is 21.2. The third-order valence-corrected chi connectivity index (χ3v) is 9.82. The molecule has 32 heavy (non-hydrogen) atoms. The van der Waals surface area contributed by atoms with Crippen molar-refractivity contribution in [3.05, 3.63) is 18.3 Å². The Labute approximate surface area is 195 Å². The average molecular weight is 438 g/mol. The summed E-state index contributed by atoms with van der Waals surface area (Å²) >= 11 is 0. The maximum atomic E-state index is 4.93. The van der Waals surface area contributed by atoms with Crippen LogP contribution in [0.4, 0.5) is 11.5 Å². The van der Waals surface area contributed by atoms with E-state index in [1.165, 1.54) is 134 Å². The Morgan fingerprint density at radius 1 is 0.625 bits per heavy atom. The van der Waals surface area contributed by atoms with E-state index in [9.17, 15) is 0 Å². The zero-order valence-electron chi connectivity index (χ0n) is 20.1. The number of anilines is 2. The molecule has 176 valence electrons. The molecule has 0 bridgehead atoms. The molecule has 0 amide bonds. The zero-order chi connectivity index (χ0) is 21.4. The van der Waals surface area contributed by atoms with E-state index < -0.39 is 0 Å². The van der Waals surface area contributed by atoms with Gasteiger partial charge in [-0.25, -0.2) is 4.98 Å². The van der Waals surface area contributed by atoms with Crippen molar-refractivity contribution in [1.29, 1.82) is 0 Å². The number of rotatable bonds is 4. The molecule has 0 atom stereocenters. The molecule has 6 rings (SSSR count). The molecule has 5 heterocycles. The molecule has 5 fully saturated rings. The summed E-state index contributed by atoms with van der Waals surface area (Å²) in [5.74, 6) is 1.20. The highest BCUT2D eigenvalue weighted by atomic mass is 15.2. The number of pyridine rings is 1. The fourth-order valence-corrected chi connectivity index (χ4v) is 7.17. The Bertz CT molecular complexity index is 728. The number of piperidine rings is 3. The van der Waals surface area contributed by atoms with Crippen molar-refractivity contribution >= 4 is 11.5 Å². The van der Waals surface area contributed by atoms with Crippen molar-refractivity contribution in [2.45, 2.75) is 82.7 Å². The number of hydrogen-bond donors (Lipinski definition) is 0. The zero-order valence-corrected chi connectivity index (χ0v) is 20.1. The smallest absolute Gasteiger partial charge is 0.128 e. The van der Waals surface area contributed by atoms with Gasteiger partial charge < -0.3 is 19.6 Å². The molecule has 1 aromatic rings. The van der Waals surface area contributed by atoms with Gasteiger partial charge in [-0.1, -0.05) is 6.42 Å². The summed E-state index contributed by atoms with van der Waals surface area (Å²) in [5.41, 5.74) is 1.95. The second-order valence-corrected chi connectivity index (χ2v) is 11.4. The molecule has 5 nitrogen and oxygen atoms in total. The highest BCUT2D eigenvalue weighted by Gasteiger charge is 2.39. The third kappa shape index (κ3) is 4.27. The van der Waals surface area contributed by atoms with Crippen molar-refractivity contribution in [3.8, 4) is 0 Å². The molecule has 0 radical (unpaired) electrons. The van der Waals surface area contributed by atoms with E-state index in [2.05, 4.69) is 37.9 Å². The van der Waals surface area contributed by atoms with Gasteiger partial charge in [0, 0.05) is 38.3 Å². The van der Waals surface area contributed by atoms with Crippen LogP contribution in [0.25, 0.3) is 0 Å². The summed E-state index contributed by atoms with van der Waals surface area (Å²) in [6.45, 7) is 10.1. The summed E-state index contributed by atoms with van der Waals surface area (Å²) < 4.78 is 0. The van der Waals surface area contributed by atoms with Crippen LogP contribution in [-0.4, -0.2) is 79.2 Å². The maximum Gasteiger partial charge on any atom is 0.128 e. The average Bonchev–Trinajstić information content (AvgIpc) is 3.36. The second-order valence-electron chi connectivity index (χ2n) is 11.4. The summed E-state index contributed by atoms with van der Waals surface area (Å²) in [4.78, 5) is 15.6. The summed E-state index contributed by atoms with van der Waals surface area (Å²) in [6, 6.07) is 6.38. The molecule has 4 saturated heterocycles. The molecule has 4 aliphatic heterocycles. The topological polar surface area (TPSA) is 25.9 Å². The number of nitrogens with zero attached hydrogens (tertiary/aromatic N) is 5. The lowest BCUT2D eigenvalue weighted by molar-refractivity contribution is 0.0305. The van der Waals surface area contributed by atoms with Crippen LogP contribution in [-0.2, 0) is 0 Å². The lowest BCUT2D eigenvalue weighted by Crippen LogP contribution is -2.51. The minimum atomic E-state index is 0.621. The summed E-state index contributed by atoms with van der Waals surface area (Å²) in [7, 11) is 0. The second kappa shape index (κ2) is 9.13. The minimum Gasteiger partial charge on any atom is -0.370 e. The van der Waals surface area contributed by atoms with Crippen molar-refractivity contribution in [3.63, 3.8) is 0 Å². The van der Waals surface area contributed by atoms with E-state index in [-0.39, 0.29) is 0 Å². The van der Waals surface area contributed by atoms with Gasteiger partial charge in [-0.2, -0.15) is 0 Å². The van der Waals surface area contributed by atoms with Gasteiger partial charge in [0.2, 0.25) is 0 Å². The first-order chi connectivity index (χ1) is 15.8. The predicted octanol–water partition coefficient (Wildman–Crippen LogP) is 4.38. The van der Waals surface area contributed by atoms with Crippen molar-refractivity contribution < 1.29 is 0 Å². The van der Waals surface area contributed by atoms with E-state index in [4.69, 9.17) is 4.98 Å². The van der Waals surface area contributed by atoms with Crippen LogP contribution >= 0.6 is 0 Å². The minimum absolute atomic E-state index is 0.621.